The topological polar surface area (TPSA) is 48.5 Å². The maximum atomic E-state index is 12.4. The number of likely N-dealkylation sites (tertiary alicyclic amines) is 1. The molecule has 0 aliphatic carbocycles. The van der Waals surface area contributed by atoms with Crippen molar-refractivity contribution in [3.63, 3.8) is 0 Å². The van der Waals surface area contributed by atoms with E-state index in [9.17, 15) is 4.79 Å². The number of amides is 1. The molecule has 1 aromatic heterocycles. The van der Waals surface area contributed by atoms with Gasteiger partial charge in [0.25, 0.3) is 0 Å². The highest BCUT2D eigenvalue weighted by Crippen LogP contribution is 2.33. The molecular formula is C23H28N4OS. The Bertz CT molecular complexity index is 925. The van der Waals surface area contributed by atoms with Crippen molar-refractivity contribution < 1.29 is 4.79 Å². The molecule has 1 amide bonds. The van der Waals surface area contributed by atoms with E-state index in [2.05, 4.69) is 57.6 Å². The van der Waals surface area contributed by atoms with E-state index in [4.69, 9.17) is 4.98 Å². The summed E-state index contributed by atoms with van der Waals surface area (Å²) in [5.41, 5.74) is 3.39. The van der Waals surface area contributed by atoms with E-state index >= 15 is 0 Å². The predicted octanol–water partition coefficient (Wildman–Crippen LogP) is 3.86. The Morgan fingerprint density at radius 2 is 1.86 bits per heavy atom. The van der Waals surface area contributed by atoms with Crippen molar-refractivity contribution in [1.29, 1.82) is 0 Å². The number of carbonyl (C=O) groups is 1. The van der Waals surface area contributed by atoms with Crippen LogP contribution in [0, 0.1) is 0 Å². The molecule has 1 aliphatic rings. The van der Waals surface area contributed by atoms with Crippen molar-refractivity contribution in [3.8, 4) is 0 Å². The van der Waals surface area contributed by atoms with Crippen LogP contribution in [0.4, 0.5) is 5.69 Å². The second kappa shape index (κ2) is 8.93. The molecule has 2 heterocycles. The average molecular weight is 409 g/mol. The van der Waals surface area contributed by atoms with Crippen LogP contribution in [0.15, 0.2) is 48.5 Å². The number of piperidine rings is 1. The lowest BCUT2D eigenvalue weighted by Crippen LogP contribution is -2.41. The predicted molar refractivity (Wildman–Crippen MR) is 121 cm³/mol. The van der Waals surface area contributed by atoms with Crippen LogP contribution in [-0.2, 0) is 11.3 Å². The number of thiazole rings is 1. The highest BCUT2D eigenvalue weighted by molar-refractivity contribution is 7.18. The van der Waals surface area contributed by atoms with E-state index in [0.29, 0.717) is 19.0 Å². The summed E-state index contributed by atoms with van der Waals surface area (Å²) in [7, 11) is 4.05. The molecule has 3 aromatic rings. The van der Waals surface area contributed by atoms with Gasteiger partial charge in [-0.3, -0.25) is 9.69 Å². The summed E-state index contributed by atoms with van der Waals surface area (Å²) < 4.78 is 1.27. The van der Waals surface area contributed by atoms with Crippen molar-refractivity contribution in [2.45, 2.75) is 25.3 Å². The zero-order chi connectivity index (χ0) is 20.2. The van der Waals surface area contributed by atoms with Crippen molar-refractivity contribution in [2.24, 2.45) is 0 Å². The third kappa shape index (κ3) is 4.95. The largest absolute Gasteiger partial charge is 0.378 e. The molecule has 0 bridgehead atoms. The Balaban J connectivity index is 1.23. The first-order chi connectivity index (χ1) is 14.1. The summed E-state index contributed by atoms with van der Waals surface area (Å²) in [5, 5.41) is 4.30. The lowest BCUT2D eigenvalue weighted by Gasteiger charge is -2.30. The number of benzene rings is 2. The van der Waals surface area contributed by atoms with Crippen LogP contribution >= 0.6 is 11.3 Å². The first-order valence-electron chi connectivity index (χ1n) is 10.2. The Hall–Kier alpha value is -2.44. The van der Waals surface area contributed by atoms with Gasteiger partial charge < -0.3 is 10.2 Å². The Kier molecular flexibility index (Phi) is 6.11. The minimum absolute atomic E-state index is 0.0973. The Morgan fingerprint density at radius 3 is 2.55 bits per heavy atom. The van der Waals surface area contributed by atoms with Crippen LogP contribution in [0.3, 0.4) is 0 Å². The van der Waals surface area contributed by atoms with Crippen molar-refractivity contribution in [2.75, 3.05) is 38.6 Å². The quantitative estimate of drug-likeness (QED) is 0.673. The molecule has 0 radical (unpaired) electrons. The molecule has 1 aliphatic heterocycles. The summed E-state index contributed by atoms with van der Waals surface area (Å²) >= 11 is 1.82. The molecule has 1 saturated heterocycles. The normalized spacial score (nSPS) is 15.5. The molecule has 0 atom stereocenters. The van der Waals surface area contributed by atoms with Gasteiger partial charge in [0.05, 0.1) is 21.8 Å². The smallest absolute Gasteiger partial charge is 0.234 e. The lowest BCUT2D eigenvalue weighted by atomic mass is 9.97. The number of nitrogens with zero attached hydrogens (tertiary/aromatic N) is 3. The molecule has 152 valence electrons. The fourth-order valence-corrected chi connectivity index (χ4v) is 4.91. The van der Waals surface area contributed by atoms with E-state index in [1.54, 1.807) is 0 Å². The van der Waals surface area contributed by atoms with Crippen LogP contribution in [0.25, 0.3) is 10.2 Å². The van der Waals surface area contributed by atoms with Gasteiger partial charge >= 0.3 is 0 Å². The summed E-state index contributed by atoms with van der Waals surface area (Å²) in [4.78, 5) is 21.5. The number of rotatable bonds is 6. The number of para-hydroxylation sites is 1. The van der Waals surface area contributed by atoms with E-state index in [1.807, 2.05) is 31.5 Å². The first kappa shape index (κ1) is 19.9. The molecule has 2 aromatic carbocycles. The molecule has 6 heteroatoms. The van der Waals surface area contributed by atoms with Gasteiger partial charge in [0.1, 0.15) is 0 Å². The highest BCUT2D eigenvalue weighted by Gasteiger charge is 2.24. The Morgan fingerprint density at radius 1 is 1.14 bits per heavy atom. The third-order valence-corrected chi connectivity index (χ3v) is 6.76. The van der Waals surface area contributed by atoms with Crippen LogP contribution in [-0.4, -0.2) is 49.5 Å². The van der Waals surface area contributed by atoms with Gasteiger partial charge in [-0.25, -0.2) is 4.98 Å². The number of nitrogens with one attached hydrogen (secondary N) is 1. The fraction of sp³-hybridized carbons (Fsp3) is 0.391. The van der Waals surface area contributed by atoms with E-state index in [0.717, 1.165) is 42.7 Å². The van der Waals surface area contributed by atoms with E-state index in [1.165, 1.54) is 9.71 Å². The van der Waals surface area contributed by atoms with Crippen LogP contribution < -0.4 is 10.2 Å². The SMILES string of the molecule is CN(C)c1ccc(CNC(=O)CN2CCC(c3nc4ccccc4s3)CC2)cc1. The molecule has 0 spiro atoms. The number of fused-ring (bicyclic) bond motifs is 1. The maximum Gasteiger partial charge on any atom is 0.234 e. The van der Waals surface area contributed by atoms with E-state index in [-0.39, 0.29) is 5.91 Å². The van der Waals surface area contributed by atoms with Crippen LogP contribution in [0.1, 0.15) is 29.3 Å². The minimum Gasteiger partial charge on any atom is -0.378 e. The van der Waals surface area contributed by atoms with Gasteiger partial charge in [-0.15, -0.1) is 11.3 Å². The number of hydrogen-bond acceptors (Lipinski definition) is 5. The minimum atomic E-state index is 0.0973. The number of hydrogen-bond donors (Lipinski definition) is 1. The summed E-state index contributed by atoms with van der Waals surface area (Å²) in [5.74, 6) is 0.613. The molecule has 1 N–H and O–H groups in total. The van der Waals surface area contributed by atoms with Gasteiger partial charge in [-0.2, -0.15) is 0 Å². The van der Waals surface area contributed by atoms with Gasteiger partial charge in [-0.1, -0.05) is 24.3 Å². The van der Waals surface area contributed by atoms with E-state index < -0.39 is 0 Å². The second-order valence-electron chi connectivity index (χ2n) is 7.91. The molecule has 0 unspecified atom stereocenters. The zero-order valence-corrected chi connectivity index (χ0v) is 17.9. The number of aromatic nitrogens is 1. The van der Waals surface area contributed by atoms with Gasteiger partial charge in [-0.05, 0) is 55.8 Å². The average Bonchev–Trinajstić information content (AvgIpc) is 3.17. The molecule has 0 saturated carbocycles. The summed E-state index contributed by atoms with van der Waals surface area (Å²) in [6.07, 6.45) is 2.14. The number of carbonyl (C=O) groups excluding carboxylic acids is 1. The summed E-state index contributed by atoms with van der Waals surface area (Å²) in [6.45, 7) is 2.95. The van der Waals surface area contributed by atoms with Gasteiger partial charge in [0.15, 0.2) is 0 Å². The molecule has 4 rings (SSSR count). The standard InChI is InChI=1S/C23H28N4OS/c1-26(2)19-9-7-17(8-10-19)15-24-22(28)16-27-13-11-18(12-14-27)23-25-20-5-3-4-6-21(20)29-23/h3-10,18H,11-16H2,1-2H3,(H,24,28). The van der Waals surface area contributed by atoms with Gasteiger partial charge in [0.2, 0.25) is 5.91 Å². The van der Waals surface area contributed by atoms with Crippen molar-refractivity contribution in [1.82, 2.24) is 15.2 Å². The lowest BCUT2D eigenvalue weighted by molar-refractivity contribution is -0.122. The molecular weight excluding hydrogens is 380 g/mol. The van der Waals surface area contributed by atoms with Gasteiger partial charge in [0, 0.05) is 32.2 Å². The van der Waals surface area contributed by atoms with Crippen molar-refractivity contribution in [3.05, 3.63) is 59.1 Å². The monoisotopic (exact) mass is 408 g/mol. The van der Waals surface area contributed by atoms with Crippen LogP contribution in [0.2, 0.25) is 0 Å². The third-order valence-electron chi connectivity index (χ3n) is 5.56. The van der Waals surface area contributed by atoms with Crippen molar-refractivity contribution >= 4 is 33.1 Å². The Labute approximate surface area is 176 Å². The molecule has 29 heavy (non-hydrogen) atoms. The second-order valence-corrected chi connectivity index (χ2v) is 8.97. The zero-order valence-electron chi connectivity index (χ0n) is 17.1. The maximum absolute atomic E-state index is 12.4. The highest BCUT2D eigenvalue weighted by atomic mass is 32.1. The number of anilines is 1. The fourth-order valence-electron chi connectivity index (χ4n) is 3.77. The molecule has 1 fully saturated rings. The molecule has 5 nitrogen and oxygen atoms in total. The van der Waals surface area contributed by atoms with Crippen LogP contribution in [0.5, 0.6) is 0 Å². The first-order valence-corrected chi connectivity index (χ1v) is 11.0. The summed E-state index contributed by atoms with van der Waals surface area (Å²) in [6, 6.07) is 16.6.